The molecule has 0 spiro atoms. The van der Waals surface area contributed by atoms with Crippen molar-refractivity contribution in [3.05, 3.63) is 35.6 Å². The van der Waals surface area contributed by atoms with Crippen molar-refractivity contribution >= 4 is 0 Å². The smallest absolute Gasteiger partial charge is 0.126 e. The fourth-order valence-corrected chi connectivity index (χ4v) is 2.65. The SMILES string of the molecule is CCCNC(Cc1ccccc1F)C1CCCCO1. The molecule has 2 atom stereocenters. The molecule has 1 aromatic carbocycles. The highest BCUT2D eigenvalue weighted by molar-refractivity contribution is 5.18. The Bertz CT molecular complexity index is 377. The van der Waals surface area contributed by atoms with E-state index in [0.717, 1.165) is 38.0 Å². The van der Waals surface area contributed by atoms with Crippen LogP contribution < -0.4 is 5.32 Å². The first-order valence-corrected chi connectivity index (χ1v) is 7.39. The molecule has 1 heterocycles. The second-order valence-electron chi connectivity index (χ2n) is 5.26. The molecule has 1 aromatic rings. The Morgan fingerprint density at radius 1 is 1.37 bits per heavy atom. The van der Waals surface area contributed by atoms with Crippen LogP contribution in [-0.2, 0) is 11.2 Å². The predicted octanol–water partition coefficient (Wildman–Crippen LogP) is 3.31. The van der Waals surface area contributed by atoms with Crippen LogP contribution in [-0.4, -0.2) is 25.3 Å². The summed E-state index contributed by atoms with van der Waals surface area (Å²) in [6.07, 6.45) is 5.45. The lowest BCUT2D eigenvalue weighted by atomic mass is 9.95. The van der Waals surface area contributed by atoms with E-state index in [0.29, 0.717) is 6.42 Å². The fourth-order valence-electron chi connectivity index (χ4n) is 2.65. The first kappa shape index (κ1) is 14.5. The van der Waals surface area contributed by atoms with Crippen molar-refractivity contribution < 1.29 is 9.13 Å². The molecule has 106 valence electrons. The lowest BCUT2D eigenvalue weighted by Gasteiger charge is -2.31. The minimum atomic E-state index is -0.110. The van der Waals surface area contributed by atoms with Crippen molar-refractivity contribution in [3.8, 4) is 0 Å². The number of hydrogen-bond acceptors (Lipinski definition) is 2. The monoisotopic (exact) mass is 265 g/mol. The molecular weight excluding hydrogens is 241 g/mol. The highest BCUT2D eigenvalue weighted by Crippen LogP contribution is 2.19. The minimum absolute atomic E-state index is 0.110. The summed E-state index contributed by atoms with van der Waals surface area (Å²) in [5.41, 5.74) is 0.783. The first-order chi connectivity index (χ1) is 9.31. The van der Waals surface area contributed by atoms with E-state index in [-0.39, 0.29) is 18.0 Å². The van der Waals surface area contributed by atoms with Gasteiger partial charge in [-0.05, 0) is 50.3 Å². The van der Waals surface area contributed by atoms with Gasteiger partial charge in [-0.15, -0.1) is 0 Å². The van der Waals surface area contributed by atoms with Crippen LogP contribution in [0.2, 0.25) is 0 Å². The molecule has 2 nitrogen and oxygen atoms in total. The molecule has 1 aliphatic rings. The lowest BCUT2D eigenvalue weighted by molar-refractivity contribution is -0.00751. The van der Waals surface area contributed by atoms with Crippen molar-refractivity contribution in [2.75, 3.05) is 13.2 Å². The van der Waals surface area contributed by atoms with Gasteiger partial charge in [0.2, 0.25) is 0 Å². The van der Waals surface area contributed by atoms with Gasteiger partial charge in [0.25, 0.3) is 0 Å². The van der Waals surface area contributed by atoms with Gasteiger partial charge in [-0.25, -0.2) is 4.39 Å². The fraction of sp³-hybridized carbons (Fsp3) is 0.625. The molecular formula is C16H24FNO. The van der Waals surface area contributed by atoms with Crippen LogP contribution in [0, 0.1) is 5.82 Å². The molecule has 0 aliphatic carbocycles. The maximum atomic E-state index is 13.8. The topological polar surface area (TPSA) is 21.3 Å². The predicted molar refractivity (Wildman–Crippen MR) is 75.8 cm³/mol. The van der Waals surface area contributed by atoms with E-state index in [1.54, 1.807) is 6.07 Å². The number of nitrogens with one attached hydrogen (secondary N) is 1. The summed E-state index contributed by atoms with van der Waals surface area (Å²) >= 11 is 0. The van der Waals surface area contributed by atoms with Crippen LogP contribution in [0.4, 0.5) is 4.39 Å². The molecule has 0 bridgehead atoms. The van der Waals surface area contributed by atoms with Crippen LogP contribution >= 0.6 is 0 Å². The standard InChI is InChI=1S/C16H24FNO/c1-2-10-18-15(16-9-5-6-11-19-16)12-13-7-3-4-8-14(13)17/h3-4,7-8,15-16,18H,2,5-6,9-12H2,1H3. The first-order valence-electron chi connectivity index (χ1n) is 7.39. The summed E-state index contributed by atoms with van der Waals surface area (Å²) in [4.78, 5) is 0. The van der Waals surface area contributed by atoms with Gasteiger partial charge >= 0.3 is 0 Å². The van der Waals surface area contributed by atoms with Gasteiger partial charge in [-0.2, -0.15) is 0 Å². The Morgan fingerprint density at radius 2 is 2.21 bits per heavy atom. The zero-order valence-electron chi connectivity index (χ0n) is 11.7. The average Bonchev–Trinajstić information content (AvgIpc) is 2.46. The van der Waals surface area contributed by atoms with Crippen LogP contribution in [0.3, 0.4) is 0 Å². The maximum Gasteiger partial charge on any atom is 0.126 e. The summed E-state index contributed by atoms with van der Waals surface area (Å²) < 4.78 is 19.6. The summed E-state index contributed by atoms with van der Waals surface area (Å²) in [5.74, 6) is -0.110. The Kier molecular flexibility index (Phi) is 5.80. The molecule has 0 aromatic heterocycles. The Hall–Kier alpha value is -0.930. The van der Waals surface area contributed by atoms with Crippen LogP contribution in [0.15, 0.2) is 24.3 Å². The molecule has 1 fully saturated rings. The maximum absolute atomic E-state index is 13.8. The van der Waals surface area contributed by atoms with E-state index in [1.165, 1.54) is 12.5 Å². The van der Waals surface area contributed by atoms with Crippen molar-refractivity contribution in [3.63, 3.8) is 0 Å². The van der Waals surface area contributed by atoms with Crippen molar-refractivity contribution in [1.82, 2.24) is 5.32 Å². The molecule has 0 radical (unpaired) electrons. The van der Waals surface area contributed by atoms with Crippen molar-refractivity contribution in [2.24, 2.45) is 0 Å². The second kappa shape index (κ2) is 7.61. The average molecular weight is 265 g/mol. The van der Waals surface area contributed by atoms with Crippen LogP contribution in [0.25, 0.3) is 0 Å². The molecule has 1 N–H and O–H groups in total. The third-order valence-corrected chi connectivity index (χ3v) is 3.72. The highest BCUT2D eigenvalue weighted by atomic mass is 19.1. The number of halogens is 1. The normalized spacial score (nSPS) is 21.3. The Morgan fingerprint density at radius 3 is 2.89 bits per heavy atom. The van der Waals surface area contributed by atoms with E-state index in [2.05, 4.69) is 12.2 Å². The van der Waals surface area contributed by atoms with Gasteiger partial charge in [0.05, 0.1) is 6.10 Å². The van der Waals surface area contributed by atoms with Gasteiger partial charge in [0.15, 0.2) is 0 Å². The van der Waals surface area contributed by atoms with E-state index in [4.69, 9.17) is 4.74 Å². The number of ether oxygens (including phenoxy) is 1. The van der Waals surface area contributed by atoms with Gasteiger partial charge < -0.3 is 10.1 Å². The molecule has 2 rings (SSSR count). The third kappa shape index (κ3) is 4.29. The van der Waals surface area contributed by atoms with Gasteiger partial charge in [-0.3, -0.25) is 0 Å². The van der Waals surface area contributed by atoms with E-state index < -0.39 is 0 Å². The molecule has 1 aliphatic heterocycles. The van der Waals surface area contributed by atoms with E-state index in [1.807, 2.05) is 12.1 Å². The van der Waals surface area contributed by atoms with Gasteiger partial charge in [-0.1, -0.05) is 25.1 Å². The van der Waals surface area contributed by atoms with Crippen molar-refractivity contribution in [1.29, 1.82) is 0 Å². The molecule has 19 heavy (non-hydrogen) atoms. The Balaban J connectivity index is 2.02. The molecule has 0 saturated carbocycles. The van der Waals surface area contributed by atoms with E-state index in [9.17, 15) is 4.39 Å². The highest BCUT2D eigenvalue weighted by Gasteiger charge is 2.24. The number of benzene rings is 1. The minimum Gasteiger partial charge on any atom is -0.377 e. The molecule has 1 saturated heterocycles. The quantitative estimate of drug-likeness (QED) is 0.852. The Labute approximate surface area is 115 Å². The van der Waals surface area contributed by atoms with Crippen molar-refractivity contribution in [2.45, 2.75) is 51.2 Å². The molecule has 0 amide bonds. The summed E-state index contributed by atoms with van der Waals surface area (Å²) in [6, 6.07) is 7.27. The van der Waals surface area contributed by atoms with Gasteiger partial charge in [0.1, 0.15) is 5.82 Å². The zero-order valence-corrected chi connectivity index (χ0v) is 11.7. The third-order valence-electron chi connectivity index (χ3n) is 3.72. The summed E-state index contributed by atoms with van der Waals surface area (Å²) in [6.45, 7) is 3.94. The van der Waals surface area contributed by atoms with E-state index >= 15 is 0 Å². The van der Waals surface area contributed by atoms with Crippen LogP contribution in [0.1, 0.15) is 38.2 Å². The second-order valence-corrected chi connectivity index (χ2v) is 5.26. The number of hydrogen-bond donors (Lipinski definition) is 1. The van der Waals surface area contributed by atoms with Crippen LogP contribution in [0.5, 0.6) is 0 Å². The van der Waals surface area contributed by atoms with Gasteiger partial charge in [0, 0.05) is 12.6 Å². The molecule has 3 heteroatoms. The zero-order chi connectivity index (χ0) is 13.5. The summed E-state index contributed by atoms with van der Waals surface area (Å²) in [5, 5.41) is 3.52. The molecule has 2 unspecified atom stereocenters. The number of rotatable bonds is 6. The summed E-state index contributed by atoms with van der Waals surface area (Å²) in [7, 11) is 0. The lowest BCUT2D eigenvalue weighted by Crippen LogP contribution is -2.44. The largest absolute Gasteiger partial charge is 0.377 e.